The van der Waals surface area contributed by atoms with Gasteiger partial charge in [-0.15, -0.1) is 22.0 Å². The summed E-state index contributed by atoms with van der Waals surface area (Å²) in [6, 6.07) is 9.08. The van der Waals surface area contributed by atoms with E-state index in [2.05, 4.69) is 20.4 Å². The molecule has 1 aliphatic carbocycles. The Morgan fingerprint density at radius 1 is 1.18 bits per heavy atom. The molecular formula is C28H30F3N7OS. The summed E-state index contributed by atoms with van der Waals surface area (Å²) in [6.07, 6.45) is 3.26. The Labute approximate surface area is 233 Å². The predicted octanol–water partition coefficient (Wildman–Crippen LogP) is 4.02. The number of benzene rings is 1. The molecule has 3 fully saturated rings. The lowest BCUT2D eigenvalue weighted by Gasteiger charge is -2.33. The normalized spacial score (nSPS) is 22.6. The van der Waals surface area contributed by atoms with Gasteiger partial charge in [0.2, 0.25) is 0 Å². The van der Waals surface area contributed by atoms with E-state index in [-0.39, 0.29) is 11.4 Å². The third-order valence-corrected chi connectivity index (χ3v) is 9.91. The van der Waals surface area contributed by atoms with E-state index < -0.39 is 17.4 Å². The molecule has 5 heterocycles. The van der Waals surface area contributed by atoms with Crippen LogP contribution in [0.15, 0.2) is 53.8 Å². The fourth-order valence-electron chi connectivity index (χ4n) is 6.46. The van der Waals surface area contributed by atoms with Crippen molar-refractivity contribution in [1.29, 1.82) is 0 Å². The van der Waals surface area contributed by atoms with Crippen molar-refractivity contribution in [3.63, 3.8) is 0 Å². The van der Waals surface area contributed by atoms with Crippen LogP contribution >= 0.6 is 11.8 Å². The molecule has 3 aliphatic rings. The number of imidazole rings is 1. The summed E-state index contributed by atoms with van der Waals surface area (Å²) >= 11 is 1.85. The van der Waals surface area contributed by atoms with Gasteiger partial charge in [-0.3, -0.25) is 13.9 Å². The van der Waals surface area contributed by atoms with Crippen molar-refractivity contribution in [2.45, 2.75) is 49.2 Å². The quantitative estimate of drug-likeness (QED) is 0.378. The molecule has 2 saturated heterocycles. The van der Waals surface area contributed by atoms with Crippen molar-refractivity contribution in [2.75, 3.05) is 19.0 Å². The molecule has 12 heteroatoms. The van der Waals surface area contributed by atoms with Gasteiger partial charge in [0.25, 0.3) is 0 Å². The van der Waals surface area contributed by atoms with Crippen LogP contribution in [-0.4, -0.2) is 58.9 Å². The molecule has 7 rings (SSSR count). The minimum absolute atomic E-state index is 0.00104. The summed E-state index contributed by atoms with van der Waals surface area (Å²) in [5, 5.41) is 12.3. The second-order valence-electron chi connectivity index (χ2n) is 11.2. The molecule has 3 atom stereocenters. The summed E-state index contributed by atoms with van der Waals surface area (Å²) in [6.45, 7) is 1.97. The van der Waals surface area contributed by atoms with E-state index in [1.54, 1.807) is 18.6 Å². The third-order valence-electron chi connectivity index (χ3n) is 8.67. The zero-order valence-corrected chi connectivity index (χ0v) is 22.8. The first-order valence-electron chi connectivity index (χ1n) is 13.6. The summed E-state index contributed by atoms with van der Waals surface area (Å²) in [5.74, 6) is 2.16. The summed E-state index contributed by atoms with van der Waals surface area (Å²) in [4.78, 5) is 15.8. The Morgan fingerprint density at radius 2 is 2.02 bits per heavy atom. The van der Waals surface area contributed by atoms with Crippen molar-refractivity contribution in [3.8, 4) is 5.69 Å². The van der Waals surface area contributed by atoms with Gasteiger partial charge in [0.1, 0.15) is 12.2 Å². The van der Waals surface area contributed by atoms with Gasteiger partial charge in [0.15, 0.2) is 0 Å². The number of likely N-dealkylation sites (tertiary alicyclic amines) is 1. The van der Waals surface area contributed by atoms with Crippen LogP contribution in [0.2, 0.25) is 0 Å². The molecule has 0 radical (unpaired) electrons. The maximum atomic E-state index is 14.3. The number of nitrogens with zero attached hydrogens (tertiary/aromatic N) is 6. The Balaban J connectivity index is 1.28. The van der Waals surface area contributed by atoms with Gasteiger partial charge in [0.05, 0.1) is 16.8 Å². The standard InChI is InChI=1S/C28H30F3N7OS/c1-35-15-33-34-26(35)25(18-4-2-5-18)19-6-3-7-20(9-19)37-13-23-21(28(29,30)31)8-17(11-38(23)27(37)39)10-36-12-22-24(14-36)40-16-32-22/h3,6-9,11,13,15,18,22,24-25,32H,2,4-5,10,12,14,16H2,1H3/t22?,24?,25-/m1/s1. The maximum absolute atomic E-state index is 14.3. The van der Waals surface area contributed by atoms with Gasteiger partial charge in [-0.25, -0.2) is 4.79 Å². The largest absolute Gasteiger partial charge is 0.418 e. The van der Waals surface area contributed by atoms with Gasteiger partial charge in [-0.05, 0) is 48.1 Å². The molecule has 0 amide bonds. The first kappa shape index (κ1) is 25.8. The molecule has 2 unspecified atom stereocenters. The number of fused-ring (bicyclic) bond motifs is 2. The van der Waals surface area contributed by atoms with Crippen LogP contribution in [0.3, 0.4) is 0 Å². The van der Waals surface area contributed by atoms with E-state index in [0.29, 0.717) is 35.0 Å². The molecule has 8 nitrogen and oxygen atoms in total. The molecule has 1 saturated carbocycles. The maximum Gasteiger partial charge on any atom is 0.418 e. The van der Waals surface area contributed by atoms with Crippen LogP contribution < -0.4 is 11.0 Å². The molecule has 210 valence electrons. The van der Waals surface area contributed by atoms with Crippen LogP contribution in [0.25, 0.3) is 11.2 Å². The number of halogens is 3. The number of alkyl halides is 3. The summed E-state index contributed by atoms with van der Waals surface area (Å²) in [5.41, 5.74) is 0.520. The van der Waals surface area contributed by atoms with Crippen molar-refractivity contribution >= 4 is 17.3 Å². The lowest BCUT2D eigenvalue weighted by Crippen LogP contribution is -2.30. The van der Waals surface area contributed by atoms with Gasteiger partial charge in [-0.2, -0.15) is 13.2 Å². The van der Waals surface area contributed by atoms with Crippen LogP contribution in [0, 0.1) is 5.92 Å². The number of nitrogens with one attached hydrogen (secondary N) is 1. The highest BCUT2D eigenvalue weighted by molar-refractivity contribution is 8.00. The molecule has 4 aromatic rings. The van der Waals surface area contributed by atoms with Gasteiger partial charge < -0.3 is 9.88 Å². The Morgan fingerprint density at radius 3 is 2.73 bits per heavy atom. The fourth-order valence-corrected chi connectivity index (χ4v) is 7.71. The molecule has 0 bridgehead atoms. The fraction of sp³-hybridized carbons (Fsp3) is 0.464. The number of hydrogen-bond acceptors (Lipinski definition) is 6. The van der Waals surface area contributed by atoms with E-state index in [4.69, 9.17) is 0 Å². The molecule has 1 N–H and O–H groups in total. The smallest absolute Gasteiger partial charge is 0.320 e. The minimum atomic E-state index is -4.60. The zero-order chi connectivity index (χ0) is 27.6. The SMILES string of the molecule is Cn1cnnc1[C@@H](c1cccc(-n2cc3c(C(F)(F)F)cc(CN4CC5NCSC5C4)cn3c2=O)c1)C1CCC1. The topological polar surface area (TPSA) is 72.4 Å². The molecular weight excluding hydrogens is 539 g/mol. The molecule has 2 aliphatic heterocycles. The van der Waals surface area contributed by atoms with E-state index in [9.17, 15) is 18.0 Å². The molecule has 3 aromatic heterocycles. The van der Waals surface area contributed by atoms with Gasteiger partial charge in [-0.1, -0.05) is 18.6 Å². The number of aryl methyl sites for hydroxylation is 1. The molecule has 1 aromatic carbocycles. The lowest BCUT2D eigenvalue weighted by atomic mass is 9.72. The van der Waals surface area contributed by atoms with Gasteiger partial charge >= 0.3 is 11.9 Å². The Bertz CT molecular complexity index is 1610. The highest BCUT2D eigenvalue weighted by Crippen LogP contribution is 2.43. The van der Waals surface area contributed by atoms with Crippen LogP contribution in [0.4, 0.5) is 13.2 Å². The minimum Gasteiger partial charge on any atom is -0.320 e. The second kappa shape index (κ2) is 9.78. The number of thioether (sulfide) groups is 1. The lowest BCUT2D eigenvalue weighted by molar-refractivity contribution is -0.136. The first-order valence-corrected chi connectivity index (χ1v) is 14.7. The molecule has 0 spiro atoms. The highest BCUT2D eigenvalue weighted by atomic mass is 32.2. The van der Waals surface area contributed by atoms with Crippen LogP contribution in [0.1, 0.15) is 47.7 Å². The summed E-state index contributed by atoms with van der Waals surface area (Å²) < 4.78 is 47.2. The number of aromatic nitrogens is 5. The van der Waals surface area contributed by atoms with E-state index in [0.717, 1.165) is 54.0 Å². The van der Waals surface area contributed by atoms with Crippen LogP contribution in [0.5, 0.6) is 0 Å². The van der Waals surface area contributed by atoms with E-state index in [1.165, 1.54) is 16.8 Å². The average Bonchev–Trinajstić information content (AvgIpc) is 3.65. The van der Waals surface area contributed by atoms with Crippen LogP contribution in [-0.2, 0) is 19.8 Å². The van der Waals surface area contributed by atoms with Crippen molar-refractivity contribution < 1.29 is 13.2 Å². The number of rotatable bonds is 6. The first-order chi connectivity index (χ1) is 19.3. The third kappa shape index (κ3) is 4.46. The number of hydrogen-bond donors (Lipinski definition) is 1. The van der Waals surface area contributed by atoms with E-state index >= 15 is 0 Å². The van der Waals surface area contributed by atoms with Gasteiger partial charge in [0, 0.05) is 62.2 Å². The monoisotopic (exact) mass is 569 g/mol. The second-order valence-corrected chi connectivity index (χ2v) is 12.4. The molecule has 40 heavy (non-hydrogen) atoms. The Hall–Kier alpha value is -3.09. The van der Waals surface area contributed by atoms with Crippen molar-refractivity contribution in [2.24, 2.45) is 13.0 Å². The van der Waals surface area contributed by atoms with Crippen molar-refractivity contribution in [1.82, 2.24) is 33.9 Å². The predicted molar refractivity (Wildman–Crippen MR) is 147 cm³/mol. The Kier molecular flexibility index (Phi) is 6.32. The average molecular weight is 570 g/mol. The summed E-state index contributed by atoms with van der Waals surface area (Å²) in [7, 11) is 1.91. The zero-order valence-electron chi connectivity index (χ0n) is 22.0. The van der Waals surface area contributed by atoms with Crippen molar-refractivity contribution in [3.05, 3.63) is 82.1 Å². The highest BCUT2D eigenvalue weighted by Gasteiger charge is 2.38. The van der Waals surface area contributed by atoms with E-state index in [1.807, 2.05) is 41.6 Å². The number of pyridine rings is 1.